The summed E-state index contributed by atoms with van der Waals surface area (Å²) in [5, 5.41) is 6.36. The van der Waals surface area contributed by atoms with Gasteiger partial charge in [-0.15, -0.1) is 0 Å². The molecular weight excluding hydrogens is 346 g/mol. The fraction of sp³-hybridized carbons (Fsp3) is 0.375. The molecule has 3 rings (SSSR count). The van der Waals surface area contributed by atoms with Crippen LogP contribution in [0.15, 0.2) is 39.8 Å². The van der Waals surface area contributed by atoms with Gasteiger partial charge < -0.3 is 14.6 Å². The van der Waals surface area contributed by atoms with Crippen LogP contribution < -0.4 is 5.32 Å². The predicted molar refractivity (Wildman–Crippen MR) is 88.4 cm³/mol. The molecule has 9 heteroatoms. The summed E-state index contributed by atoms with van der Waals surface area (Å²) < 4.78 is 36.6. The highest BCUT2D eigenvalue weighted by molar-refractivity contribution is 7.89. The monoisotopic (exact) mass is 365 g/mol. The largest absolute Gasteiger partial charge is 0.379 e. The molecule has 134 valence electrons. The van der Waals surface area contributed by atoms with Crippen LogP contribution in [0.1, 0.15) is 21.8 Å². The van der Waals surface area contributed by atoms with Crippen LogP contribution in [0.25, 0.3) is 0 Å². The molecule has 1 saturated heterocycles. The van der Waals surface area contributed by atoms with E-state index in [2.05, 4.69) is 10.5 Å². The topological polar surface area (TPSA) is 102 Å². The molecular formula is C16H19N3O5S. The number of nitrogens with one attached hydrogen (secondary N) is 1. The number of ether oxygens (including phenoxy) is 1. The molecule has 2 aromatic rings. The number of hydrogen-bond acceptors (Lipinski definition) is 6. The van der Waals surface area contributed by atoms with E-state index in [4.69, 9.17) is 9.26 Å². The molecule has 0 radical (unpaired) electrons. The van der Waals surface area contributed by atoms with Gasteiger partial charge in [0.15, 0.2) is 0 Å². The van der Waals surface area contributed by atoms with Gasteiger partial charge in [0.2, 0.25) is 15.8 Å². The van der Waals surface area contributed by atoms with Gasteiger partial charge in [0.05, 0.1) is 23.8 Å². The SMILES string of the molecule is Cc1cc(C(=O)NCc2ccc(S(=O)(=O)N3CCOCC3)cc2)on1. The van der Waals surface area contributed by atoms with E-state index in [1.165, 1.54) is 4.31 Å². The van der Waals surface area contributed by atoms with Gasteiger partial charge in [0.25, 0.3) is 5.91 Å². The molecule has 8 nitrogen and oxygen atoms in total. The van der Waals surface area contributed by atoms with Gasteiger partial charge in [-0.25, -0.2) is 8.42 Å². The highest BCUT2D eigenvalue weighted by Crippen LogP contribution is 2.17. The first-order valence-electron chi connectivity index (χ1n) is 7.85. The Bertz CT molecular complexity index is 839. The van der Waals surface area contributed by atoms with Gasteiger partial charge in [-0.2, -0.15) is 4.31 Å². The second kappa shape index (κ2) is 7.34. The number of carbonyl (C=O) groups is 1. The van der Waals surface area contributed by atoms with Gasteiger partial charge in [-0.1, -0.05) is 17.3 Å². The van der Waals surface area contributed by atoms with E-state index in [-0.39, 0.29) is 23.1 Å². The quantitative estimate of drug-likeness (QED) is 0.846. The van der Waals surface area contributed by atoms with Crippen LogP contribution in [0.4, 0.5) is 0 Å². The Morgan fingerprint density at radius 1 is 1.24 bits per heavy atom. The Hall–Kier alpha value is -2.23. The van der Waals surface area contributed by atoms with E-state index in [9.17, 15) is 13.2 Å². The summed E-state index contributed by atoms with van der Waals surface area (Å²) in [6.45, 7) is 3.52. The van der Waals surface area contributed by atoms with Gasteiger partial charge in [-0.3, -0.25) is 4.79 Å². The molecule has 0 saturated carbocycles. The van der Waals surface area contributed by atoms with Crippen LogP contribution in [0.5, 0.6) is 0 Å². The number of nitrogens with zero attached hydrogens (tertiary/aromatic N) is 2. The van der Waals surface area contributed by atoms with Crippen LogP contribution >= 0.6 is 0 Å². The van der Waals surface area contributed by atoms with Gasteiger partial charge in [0.1, 0.15) is 0 Å². The lowest BCUT2D eigenvalue weighted by Gasteiger charge is -2.26. The van der Waals surface area contributed by atoms with Gasteiger partial charge in [0, 0.05) is 25.7 Å². The molecule has 1 aromatic heterocycles. The minimum Gasteiger partial charge on any atom is -0.379 e. The Morgan fingerprint density at radius 3 is 2.52 bits per heavy atom. The zero-order chi connectivity index (χ0) is 17.9. The first-order chi connectivity index (χ1) is 12.0. The summed E-state index contributed by atoms with van der Waals surface area (Å²) >= 11 is 0. The maximum absolute atomic E-state index is 12.5. The Morgan fingerprint density at radius 2 is 1.92 bits per heavy atom. The van der Waals surface area contributed by atoms with Crippen molar-refractivity contribution in [2.75, 3.05) is 26.3 Å². The molecule has 25 heavy (non-hydrogen) atoms. The second-order valence-electron chi connectivity index (χ2n) is 5.68. The number of aromatic nitrogens is 1. The van der Waals surface area contributed by atoms with Crippen molar-refractivity contribution >= 4 is 15.9 Å². The highest BCUT2D eigenvalue weighted by atomic mass is 32.2. The molecule has 0 atom stereocenters. The maximum Gasteiger partial charge on any atom is 0.290 e. The molecule has 2 heterocycles. The molecule has 1 N–H and O–H groups in total. The van der Waals surface area contributed by atoms with Crippen LogP contribution in [0.2, 0.25) is 0 Å². The normalized spacial score (nSPS) is 15.9. The van der Waals surface area contributed by atoms with E-state index < -0.39 is 10.0 Å². The van der Waals surface area contributed by atoms with E-state index in [1.54, 1.807) is 37.3 Å². The van der Waals surface area contributed by atoms with Crippen molar-refractivity contribution in [1.82, 2.24) is 14.8 Å². The van der Waals surface area contributed by atoms with Crippen LogP contribution in [-0.2, 0) is 21.3 Å². The summed E-state index contributed by atoms with van der Waals surface area (Å²) in [4.78, 5) is 12.1. The number of aryl methyl sites for hydroxylation is 1. The van der Waals surface area contributed by atoms with Crippen molar-refractivity contribution in [3.05, 3.63) is 47.3 Å². The number of benzene rings is 1. The minimum absolute atomic E-state index is 0.143. The van der Waals surface area contributed by atoms with Crippen LogP contribution in [0, 0.1) is 6.92 Å². The lowest BCUT2D eigenvalue weighted by molar-refractivity contribution is 0.0730. The lowest BCUT2D eigenvalue weighted by Crippen LogP contribution is -2.40. The molecule has 1 aliphatic rings. The number of morpholine rings is 1. The van der Waals surface area contributed by atoms with E-state index >= 15 is 0 Å². The first-order valence-corrected chi connectivity index (χ1v) is 9.29. The third-order valence-corrected chi connectivity index (χ3v) is 5.75. The fourth-order valence-electron chi connectivity index (χ4n) is 2.46. The summed E-state index contributed by atoms with van der Waals surface area (Å²) in [5.74, 6) is -0.227. The van der Waals surface area contributed by atoms with Crippen molar-refractivity contribution in [3.8, 4) is 0 Å². The number of carbonyl (C=O) groups excluding carboxylic acids is 1. The second-order valence-corrected chi connectivity index (χ2v) is 7.61. The summed E-state index contributed by atoms with van der Waals surface area (Å²) in [6, 6.07) is 8.00. The Labute approximate surface area is 145 Å². The summed E-state index contributed by atoms with van der Waals surface area (Å²) in [5.41, 5.74) is 1.41. The minimum atomic E-state index is -3.51. The maximum atomic E-state index is 12.5. The lowest BCUT2D eigenvalue weighted by atomic mass is 10.2. The zero-order valence-electron chi connectivity index (χ0n) is 13.8. The third kappa shape index (κ3) is 4.06. The molecule has 1 aliphatic heterocycles. The number of amides is 1. The third-order valence-electron chi connectivity index (χ3n) is 3.84. The zero-order valence-corrected chi connectivity index (χ0v) is 14.6. The fourth-order valence-corrected chi connectivity index (χ4v) is 3.86. The molecule has 1 fully saturated rings. The van der Waals surface area contributed by atoms with Crippen molar-refractivity contribution in [2.45, 2.75) is 18.4 Å². The van der Waals surface area contributed by atoms with Crippen molar-refractivity contribution in [3.63, 3.8) is 0 Å². The molecule has 1 aromatic carbocycles. The van der Waals surface area contributed by atoms with Crippen LogP contribution in [0.3, 0.4) is 0 Å². The van der Waals surface area contributed by atoms with Crippen molar-refractivity contribution < 1.29 is 22.5 Å². The molecule has 0 unspecified atom stereocenters. The molecule has 0 bridgehead atoms. The average Bonchev–Trinajstić information content (AvgIpc) is 3.07. The first kappa shape index (κ1) is 17.6. The Balaban J connectivity index is 1.63. The van der Waals surface area contributed by atoms with Gasteiger partial charge >= 0.3 is 0 Å². The highest BCUT2D eigenvalue weighted by Gasteiger charge is 2.26. The average molecular weight is 365 g/mol. The predicted octanol–water partition coefficient (Wildman–Crippen LogP) is 0.934. The van der Waals surface area contributed by atoms with Crippen molar-refractivity contribution in [2.24, 2.45) is 0 Å². The molecule has 1 amide bonds. The van der Waals surface area contributed by atoms with Gasteiger partial charge in [-0.05, 0) is 24.6 Å². The standard InChI is InChI=1S/C16H19N3O5S/c1-12-10-15(24-18-12)16(20)17-11-13-2-4-14(5-3-13)25(21,22)19-6-8-23-9-7-19/h2-5,10H,6-9,11H2,1H3,(H,17,20). The van der Waals surface area contributed by atoms with Crippen molar-refractivity contribution in [1.29, 1.82) is 0 Å². The number of rotatable bonds is 5. The molecule has 0 spiro atoms. The van der Waals surface area contributed by atoms with E-state index in [1.807, 2.05) is 0 Å². The summed E-state index contributed by atoms with van der Waals surface area (Å²) in [7, 11) is -3.51. The van der Waals surface area contributed by atoms with E-state index in [0.29, 0.717) is 32.0 Å². The smallest absolute Gasteiger partial charge is 0.290 e. The van der Waals surface area contributed by atoms with Crippen LogP contribution in [-0.4, -0.2) is 50.1 Å². The number of sulfonamides is 1. The summed E-state index contributed by atoms with van der Waals surface area (Å²) in [6.07, 6.45) is 0. The van der Waals surface area contributed by atoms with E-state index in [0.717, 1.165) is 5.56 Å². The Kier molecular flexibility index (Phi) is 5.16. The molecule has 0 aliphatic carbocycles. The number of hydrogen-bond donors (Lipinski definition) is 1.